The molecule has 0 aliphatic heterocycles. The summed E-state index contributed by atoms with van der Waals surface area (Å²) in [7, 11) is 0. The number of hydrogen-bond acceptors (Lipinski definition) is 4. The van der Waals surface area contributed by atoms with Crippen LogP contribution < -0.4 is 11.5 Å². The van der Waals surface area contributed by atoms with Gasteiger partial charge in [0.05, 0.1) is 0 Å². The van der Waals surface area contributed by atoms with Gasteiger partial charge >= 0.3 is 11.4 Å². The number of rotatable bonds is 4. The van der Waals surface area contributed by atoms with Crippen LogP contribution in [0.4, 0.5) is 0 Å². The van der Waals surface area contributed by atoms with Crippen LogP contribution in [0, 0.1) is 0 Å². The average molecular weight is 295 g/mol. The Morgan fingerprint density at radius 1 is 1.60 bits per heavy atom. The Kier molecular flexibility index (Phi) is 4.84. The van der Waals surface area contributed by atoms with E-state index in [0.717, 1.165) is 10.0 Å². The molecule has 0 aliphatic carbocycles. The molecule has 0 saturated carbocycles. The lowest BCUT2D eigenvalue weighted by Gasteiger charge is -2.11. The number of hydrogen-bond donors (Lipinski definition) is 3. The van der Waals surface area contributed by atoms with Crippen LogP contribution in [-0.2, 0) is 22.1 Å². The van der Waals surface area contributed by atoms with Crippen molar-refractivity contribution in [3.63, 3.8) is 0 Å². The van der Waals surface area contributed by atoms with Crippen LogP contribution in [0.5, 0.6) is 0 Å². The quantitative estimate of drug-likeness (QED) is 0.569. The maximum Gasteiger partial charge on any atom is 0.303 e. The fraction of sp³-hybridized carbons (Fsp3) is 0.250. The molecule has 5 nitrogen and oxygen atoms in total. The lowest BCUT2D eigenvalue weighted by Crippen LogP contribution is -2.16. The van der Waals surface area contributed by atoms with Gasteiger partial charge in [-0.15, -0.1) is 0 Å². The SMILES string of the molecule is NCc1cc(C(N)OS(=O)O)ccc1Br. The van der Waals surface area contributed by atoms with Gasteiger partial charge in [-0.1, -0.05) is 22.0 Å². The zero-order valence-corrected chi connectivity index (χ0v) is 10.1. The van der Waals surface area contributed by atoms with Gasteiger partial charge in [0.1, 0.15) is 0 Å². The van der Waals surface area contributed by atoms with Gasteiger partial charge in [-0.05, 0) is 23.3 Å². The third-order valence-electron chi connectivity index (χ3n) is 1.80. The van der Waals surface area contributed by atoms with Crippen molar-refractivity contribution in [1.82, 2.24) is 0 Å². The molecule has 0 amide bonds. The van der Waals surface area contributed by atoms with E-state index >= 15 is 0 Å². The highest BCUT2D eigenvalue weighted by Crippen LogP contribution is 2.21. The number of halogens is 1. The molecule has 7 heteroatoms. The third kappa shape index (κ3) is 3.63. The lowest BCUT2D eigenvalue weighted by molar-refractivity contribution is 0.215. The van der Waals surface area contributed by atoms with E-state index in [1.54, 1.807) is 18.2 Å². The van der Waals surface area contributed by atoms with Crippen LogP contribution in [0.2, 0.25) is 0 Å². The Morgan fingerprint density at radius 3 is 2.80 bits per heavy atom. The summed E-state index contributed by atoms with van der Waals surface area (Å²) >= 11 is 0.942. The zero-order chi connectivity index (χ0) is 11.4. The topological polar surface area (TPSA) is 98.6 Å². The molecule has 1 rings (SSSR count). The Balaban J connectivity index is 2.90. The van der Waals surface area contributed by atoms with Crippen LogP contribution in [0.1, 0.15) is 17.4 Å². The maximum atomic E-state index is 10.4. The van der Waals surface area contributed by atoms with Crippen LogP contribution in [0.3, 0.4) is 0 Å². The van der Waals surface area contributed by atoms with E-state index in [2.05, 4.69) is 20.1 Å². The first kappa shape index (κ1) is 12.8. The first-order chi connectivity index (χ1) is 7.04. The molecule has 2 atom stereocenters. The fourth-order valence-corrected chi connectivity index (χ4v) is 1.77. The molecule has 0 radical (unpaired) electrons. The van der Waals surface area contributed by atoms with E-state index in [-0.39, 0.29) is 0 Å². The van der Waals surface area contributed by atoms with Crippen LogP contribution in [0.15, 0.2) is 22.7 Å². The molecule has 2 unspecified atom stereocenters. The largest absolute Gasteiger partial charge is 0.326 e. The standard InChI is InChI=1S/C8H11BrN2O3S/c9-7-2-1-5(3-6(7)4-10)8(11)14-15(12)13/h1-3,8H,4,10-11H2,(H,12,13). The summed E-state index contributed by atoms with van der Waals surface area (Å²) in [5.41, 5.74) is 12.5. The van der Waals surface area contributed by atoms with E-state index in [9.17, 15) is 4.21 Å². The summed E-state index contributed by atoms with van der Waals surface area (Å²) in [6.45, 7) is 0.351. The molecule has 0 aliphatic rings. The summed E-state index contributed by atoms with van der Waals surface area (Å²) in [6.07, 6.45) is -0.936. The summed E-state index contributed by atoms with van der Waals surface area (Å²) in [6, 6.07) is 5.18. The van der Waals surface area contributed by atoms with E-state index in [4.69, 9.17) is 16.0 Å². The summed E-state index contributed by atoms with van der Waals surface area (Å²) < 4.78 is 24.3. The third-order valence-corrected chi connectivity index (χ3v) is 2.95. The molecule has 0 spiro atoms. The van der Waals surface area contributed by atoms with Crippen LogP contribution in [-0.4, -0.2) is 8.76 Å². The minimum Gasteiger partial charge on any atom is -0.326 e. The summed E-state index contributed by atoms with van der Waals surface area (Å²) in [5.74, 6) is 0. The molecule has 5 N–H and O–H groups in total. The molecular formula is C8H11BrN2O3S. The van der Waals surface area contributed by atoms with Crippen LogP contribution in [0.25, 0.3) is 0 Å². The zero-order valence-electron chi connectivity index (χ0n) is 7.72. The van der Waals surface area contributed by atoms with Crippen molar-refractivity contribution in [2.75, 3.05) is 0 Å². The lowest BCUT2D eigenvalue weighted by atomic mass is 10.1. The van der Waals surface area contributed by atoms with Gasteiger partial charge in [0.15, 0.2) is 6.23 Å². The monoisotopic (exact) mass is 294 g/mol. The normalized spacial score (nSPS) is 14.9. The van der Waals surface area contributed by atoms with E-state index in [1.807, 2.05) is 0 Å². The second kappa shape index (κ2) is 5.69. The first-order valence-corrected chi connectivity index (χ1v) is 5.89. The Bertz CT molecular complexity index is 375. The van der Waals surface area contributed by atoms with Crippen molar-refractivity contribution in [2.24, 2.45) is 11.5 Å². The first-order valence-electron chi connectivity index (χ1n) is 4.06. The Hall–Kier alpha value is -0.310. The molecule has 1 aromatic carbocycles. The minimum absolute atomic E-state index is 0.351. The van der Waals surface area contributed by atoms with E-state index < -0.39 is 17.6 Å². The average Bonchev–Trinajstić information content (AvgIpc) is 2.17. The smallest absolute Gasteiger partial charge is 0.303 e. The van der Waals surface area contributed by atoms with Crippen LogP contribution >= 0.6 is 15.9 Å². The molecular weight excluding hydrogens is 284 g/mol. The summed E-state index contributed by atoms with van der Waals surface area (Å²) in [4.78, 5) is 0. The minimum atomic E-state index is -2.38. The van der Waals surface area contributed by atoms with Gasteiger partial charge in [-0.2, -0.15) is 4.21 Å². The molecule has 0 saturated heterocycles. The molecule has 1 aromatic rings. The molecule has 15 heavy (non-hydrogen) atoms. The van der Waals surface area contributed by atoms with Crippen molar-refractivity contribution >= 4 is 27.3 Å². The molecule has 0 heterocycles. The van der Waals surface area contributed by atoms with Gasteiger partial charge in [-0.3, -0.25) is 4.55 Å². The Labute approximate surface area is 98.4 Å². The van der Waals surface area contributed by atoms with Gasteiger partial charge < -0.3 is 11.5 Å². The highest BCUT2D eigenvalue weighted by Gasteiger charge is 2.11. The maximum absolute atomic E-state index is 10.4. The van der Waals surface area contributed by atoms with E-state index in [0.29, 0.717) is 12.1 Å². The van der Waals surface area contributed by atoms with Crippen molar-refractivity contribution < 1.29 is 12.9 Å². The number of benzene rings is 1. The van der Waals surface area contributed by atoms with Gasteiger partial charge in [-0.25, -0.2) is 4.18 Å². The van der Waals surface area contributed by atoms with Crippen molar-refractivity contribution in [3.05, 3.63) is 33.8 Å². The van der Waals surface area contributed by atoms with Crippen molar-refractivity contribution in [2.45, 2.75) is 12.8 Å². The fourth-order valence-electron chi connectivity index (χ4n) is 1.07. The highest BCUT2D eigenvalue weighted by molar-refractivity contribution is 9.10. The van der Waals surface area contributed by atoms with Gasteiger partial charge in [0.2, 0.25) is 0 Å². The Morgan fingerprint density at radius 2 is 2.27 bits per heavy atom. The predicted molar refractivity (Wildman–Crippen MR) is 60.8 cm³/mol. The van der Waals surface area contributed by atoms with Crippen molar-refractivity contribution in [3.8, 4) is 0 Å². The van der Waals surface area contributed by atoms with Gasteiger partial charge in [0.25, 0.3) is 0 Å². The van der Waals surface area contributed by atoms with Gasteiger partial charge in [0, 0.05) is 11.0 Å². The molecule has 0 fully saturated rings. The number of nitrogens with two attached hydrogens (primary N) is 2. The predicted octanol–water partition coefficient (Wildman–Crippen LogP) is 1.02. The van der Waals surface area contributed by atoms with Crippen molar-refractivity contribution in [1.29, 1.82) is 0 Å². The molecule has 0 aromatic heterocycles. The van der Waals surface area contributed by atoms with E-state index in [1.165, 1.54) is 0 Å². The molecule has 0 bridgehead atoms. The second-order valence-electron chi connectivity index (χ2n) is 2.79. The summed E-state index contributed by atoms with van der Waals surface area (Å²) in [5, 5.41) is 0. The highest BCUT2D eigenvalue weighted by atomic mass is 79.9. The second-order valence-corrected chi connectivity index (χ2v) is 4.27. The molecule has 84 valence electrons.